The smallest absolute Gasteiger partial charge is 0.270 e. The van der Waals surface area contributed by atoms with Crippen LogP contribution in [0.5, 0.6) is 0 Å². The number of aromatic nitrogens is 1. The molecule has 0 aliphatic carbocycles. The lowest BCUT2D eigenvalue weighted by molar-refractivity contribution is -0.384. The lowest BCUT2D eigenvalue weighted by Crippen LogP contribution is -2.14. The molecule has 3 rings (SSSR count). The Hall–Kier alpha value is -2.65. The number of thiazole rings is 1. The number of carbonyl (C=O) groups is 1. The third-order valence-corrected chi connectivity index (χ3v) is 5.72. The zero-order valence-corrected chi connectivity index (χ0v) is 15.8. The van der Waals surface area contributed by atoms with E-state index >= 15 is 0 Å². The molecule has 1 aromatic heterocycles. The predicted molar refractivity (Wildman–Crippen MR) is 106 cm³/mol. The number of nitro groups is 1. The van der Waals surface area contributed by atoms with Crippen LogP contribution in [0.1, 0.15) is 0 Å². The van der Waals surface area contributed by atoms with E-state index in [0.717, 1.165) is 16.1 Å². The van der Waals surface area contributed by atoms with Crippen molar-refractivity contribution in [3.63, 3.8) is 0 Å². The first-order valence-corrected chi connectivity index (χ1v) is 9.47. The van der Waals surface area contributed by atoms with E-state index < -0.39 is 4.92 Å². The average molecular weight is 388 g/mol. The molecule has 0 unspecified atom stereocenters. The van der Waals surface area contributed by atoms with Gasteiger partial charge >= 0.3 is 0 Å². The summed E-state index contributed by atoms with van der Waals surface area (Å²) in [4.78, 5) is 28.9. The fourth-order valence-electron chi connectivity index (χ4n) is 2.23. The van der Waals surface area contributed by atoms with E-state index in [-0.39, 0.29) is 17.3 Å². The summed E-state index contributed by atoms with van der Waals surface area (Å²) in [5.41, 5.74) is 2.53. The van der Waals surface area contributed by atoms with Gasteiger partial charge in [0.2, 0.25) is 5.91 Å². The van der Waals surface area contributed by atoms with Gasteiger partial charge in [-0.1, -0.05) is 11.8 Å². The summed E-state index contributed by atoms with van der Waals surface area (Å²) in [6.45, 7) is 0. The molecule has 0 saturated heterocycles. The number of non-ortho nitro benzene ring substituents is 1. The Labute approximate surface area is 158 Å². The van der Waals surface area contributed by atoms with E-state index in [2.05, 4.69) is 10.3 Å². The van der Waals surface area contributed by atoms with E-state index in [0.29, 0.717) is 9.86 Å². The lowest BCUT2D eigenvalue weighted by atomic mass is 10.2. The first-order valence-electron chi connectivity index (χ1n) is 7.67. The molecule has 0 fully saturated rings. The maximum Gasteiger partial charge on any atom is 0.270 e. The summed E-state index contributed by atoms with van der Waals surface area (Å²) in [5.74, 6) is 0.0926. The van der Waals surface area contributed by atoms with Crippen LogP contribution in [0, 0.1) is 10.1 Å². The molecule has 0 spiro atoms. The number of carbonyl (C=O) groups excluding carboxylic acids is 1. The van der Waals surface area contributed by atoms with Crippen LogP contribution in [0.3, 0.4) is 0 Å². The van der Waals surface area contributed by atoms with Crippen molar-refractivity contribution >= 4 is 56.3 Å². The Kier molecular flexibility index (Phi) is 5.38. The Balaban J connectivity index is 1.60. The molecule has 0 aliphatic heterocycles. The number of thioether (sulfide) groups is 1. The minimum atomic E-state index is -0.430. The number of anilines is 2. The molecule has 0 radical (unpaired) electrons. The van der Waals surface area contributed by atoms with Gasteiger partial charge in [0.1, 0.15) is 0 Å². The highest BCUT2D eigenvalue weighted by atomic mass is 32.2. The molecular formula is C17H16N4O3S2. The monoisotopic (exact) mass is 388 g/mol. The zero-order valence-electron chi connectivity index (χ0n) is 14.1. The van der Waals surface area contributed by atoms with Crippen LogP contribution in [0.25, 0.3) is 10.2 Å². The van der Waals surface area contributed by atoms with Crippen molar-refractivity contribution in [2.24, 2.45) is 0 Å². The fraction of sp³-hybridized carbons (Fsp3) is 0.176. The number of nitro benzene ring substituents is 1. The van der Waals surface area contributed by atoms with Gasteiger partial charge in [-0.3, -0.25) is 14.9 Å². The van der Waals surface area contributed by atoms with Gasteiger partial charge in [-0.05, 0) is 30.3 Å². The Morgan fingerprint density at radius 1 is 1.27 bits per heavy atom. The Bertz CT molecular complexity index is 954. The number of amides is 1. The van der Waals surface area contributed by atoms with Crippen LogP contribution in [0.15, 0.2) is 46.8 Å². The molecule has 1 heterocycles. The quantitative estimate of drug-likeness (QED) is 0.390. The van der Waals surface area contributed by atoms with Crippen molar-refractivity contribution in [1.82, 2.24) is 4.98 Å². The second kappa shape index (κ2) is 7.71. The average Bonchev–Trinajstić information content (AvgIpc) is 3.02. The third kappa shape index (κ3) is 4.30. The first-order chi connectivity index (χ1) is 12.4. The van der Waals surface area contributed by atoms with Gasteiger partial charge in [0.25, 0.3) is 5.69 Å². The Morgan fingerprint density at radius 2 is 2.00 bits per heavy atom. The molecule has 134 valence electrons. The molecular weight excluding hydrogens is 372 g/mol. The van der Waals surface area contributed by atoms with E-state index in [1.54, 1.807) is 6.07 Å². The normalized spacial score (nSPS) is 10.7. The summed E-state index contributed by atoms with van der Waals surface area (Å²) in [7, 11) is 3.91. The molecule has 0 bridgehead atoms. The van der Waals surface area contributed by atoms with E-state index in [9.17, 15) is 14.9 Å². The molecule has 26 heavy (non-hydrogen) atoms. The molecule has 2 aromatic carbocycles. The van der Waals surface area contributed by atoms with Gasteiger partial charge in [-0.15, -0.1) is 11.3 Å². The topological polar surface area (TPSA) is 88.4 Å². The van der Waals surface area contributed by atoms with Crippen LogP contribution in [0.4, 0.5) is 17.1 Å². The van der Waals surface area contributed by atoms with Crippen LogP contribution < -0.4 is 10.2 Å². The zero-order chi connectivity index (χ0) is 18.7. The lowest BCUT2D eigenvalue weighted by Gasteiger charge is -2.12. The van der Waals surface area contributed by atoms with Gasteiger partial charge in [0, 0.05) is 37.6 Å². The number of hydrogen-bond donors (Lipinski definition) is 1. The van der Waals surface area contributed by atoms with Crippen LogP contribution in [0.2, 0.25) is 0 Å². The molecule has 0 atom stereocenters. The number of fused-ring (bicyclic) bond motifs is 1. The number of nitrogens with zero attached hydrogens (tertiary/aromatic N) is 3. The maximum atomic E-state index is 12.1. The summed E-state index contributed by atoms with van der Waals surface area (Å²) < 4.78 is 1.44. The van der Waals surface area contributed by atoms with Crippen LogP contribution >= 0.6 is 23.1 Å². The van der Waals surface area contributed by atoms with E-state index in [1.807, 2.05) is 43.3 Å². The number of nitrogens with one attached hydrogen (secondary N) is 1. The van der Waals surface area contributed by atoms with Crippen LogP contribution in [-0.4, -0.2) is 35.7 Å². The van der Waals surface area contributed by atoms with Crippen molar-refractivity contribution in [3.8, 4) is 0 Å². The standard InChI is InChI=1S/C17H16N4O3S2/c1-20(2)12-5-3-11(4-6-12)18-16(22)10-25-17-19-14-8-7-13(21(23)24)9-15(14)26-17/h3-9H,10H2,1-2H3,(H,18,22). The molecule has 1 amide bonds. The molecule has 1 N–H and O–H groups in total. The van der Waals surface area contributed by atoms with Crippen molar-refractivity contribution < 1.29 is 9.72 Å². The van der Waals surface area contributed by atoms with Crippen molar-refractivity contribution in [1.29, 1.82) is 0 Å². The summed E-state index contributed by atoms with van der Waals surface area (Å²) in [6.07, 6.45) is 0. The van der Waals surface area contributed by atoms with Gasteiger partial charge < -0.3 is 10.2 Å². The highest BCUT2D eigenvalue weighted by Crippen LogP contribution is 2.31. The number of rotatable bonds is 6. The Morgan fingerprint density at radius 3 is 2.65 bits per heavy atom. The summed E-state index contributed by atoms with van der Waals surface area (Å²) in [5, 5.41) is 13.7. The van der Waals surface area contributed by atoms with Gasteiger partial charge in [-0.25, -0.2) is 4.98 Å². The maximum absolute atomic E-state index is 12.1. The number of benzene rings is 2. The van der Waals surface area contributed by atoms with E-state index in [4.69, 9.17) is 0 Å². The van der Waals surface area contributed by atoms with Gasteiger partial charge in [0.15, 0.2) is 4.34 Å². The largest absolute Gasteiger partial charge is 0.378 e. The van der Waals surface area contributed by atoms with E-state index in [1.165, 1.54) is 35.2 Å². The van der Waals surface area contributed by atoms with Crippen LogP contribution in [-0.2, 0) is 4.79 Å². The first kappa shape index (κ1) is 18.2. The van der Waals surface area contributed by atoms with Crippen molar-refractivity contribution in [3.05, 3.63) is 52.6 Å². The summed E-state index contributed by atoms with van der Waals surface area (Å²) >= 11 is 2.66. The van der Waals surface area contributed by atoms with Gasteiger partial charge in [0.05, 0.1) is 20.9 Å². The van der Waals surface area contributed by atoms with Crippen molar-refractivity contribution in [2.75, 3.05) is 30.1 Å². The fourth-order valence-corrected chi connectivity index (χ4v) is 4.14. The predicted octanol–water partition coefficient (Wildman–Crippen LogP) is 4.00. The molecule has 0 aliphatic rings. The second-order valence-electron chi connectivity index (χ2n) is 5.67. The summed E-state index contributed by atoms with van der Waals surface area (Å²) in [6, 6.07) is 12.1. The van der Waals surface area contributed by atoms with Crippen molar-refractivity contribution in [2.45, 2.75) is 4.34 Å². The minimum Gasteiger partial charge on any atom is -0.378 e. The SMILES string of the molecule is CN(C)c1ccc(NC(=O)CSc2nc3ccc([N+](=O)[O-])cc3s2)cc1. The van der Waals surface area contributed by atoms with Gasteiger partial charge in [-0.2, -0.15) is 0 Å². The molecule has 3 aromatic rings. The highest BCUT2D eigenvalue weighted by Gasteiger charge is 2.12. The molecule has 7 nitrogen and oxygen atoms in total. The minimum absolute atomic E-state index is 0.0385. The number of hydrogen-bond acceptors (Lipinski definition) is 7. The molecule has 0 saturated carbocycles. The molecule has 9 heteroatoms. The third-order valence-electron chi connectivity index (χ3n) is 3.56. The highest BCUT2D eigenvalue weighted by molar-refractivity contribution is 8.01. The second-order valence-corrected chi connectivity index (χ2v) is 7.92.